The van der Waals surface area contributed by atoms with Crippen molar-refractivity contribution < 1.29 is 19.1 Å². The Morgan fingerprint density at radius 1 is 1.10 bits per heavy atom. The summed E-state index contributed by atoms with van der Waals surface area (Å²) in [6.45, 7) is 7.25. The van der Waals surface area contributed by atoms with Crippen molar-refractivity contribution in [2.24, 2.45) is 11.3 Å². The van der Waals surface area contributed by atoms with Crippen molar-refractivity contribution in [1.29, 1.82) is 0 Å². The van der Waals surface area contributed by atoms with E-state index in [0.717, 1.165) is 15.9 Å². The van der Waals surface area contributed by atoms with Crippen LogP contribution in [0.2, 0.25) is 10.0 Å². The molecule has 2 fully saturated rings. The van der Waals surface area contributed by atoms with Crippen molar-refractivity contribution in [2.75, 3.05) is 31.1 Å². The fraction of sp³-hybridized carbons (Fsp3) is 0.407. The first kappa shape index (κ1) is 27.5. The molecular weight excluding hydrogens is 561 g/mol. The predicted octanol–water partition coefficient (Wildman–Crippen LogP) is 4.67. The third-order valence-corrected chi connectivity index (χ3v) is 8.58. The molecule has 5 rings (SSSR count). The molecule has 3 amide bonds. The minimum atomic E-state index is -0.612. The molecule has 1 atom stereocenters. The molecule has 0 saturated carbocycles. The van der Waals surface area contributed by atoms with Gasteiger partial charge in [0.1, 0.15) is 5.60 Å². The lowest BCUT2D eigenvalue weighted by atomic mass is 9.71. The Morgan fingerprint density at radius 2 is 1.87 bits per heavy atom. The Bertz CT molecular complexity index is 1430. The van der Waals surface area contributed by atoms with E-state index < -0.39 is 23.0 Å². The number of halogens is 2. The van der Waals surface area contributed by atoms with Gasteiger partial charge in [-0.15, -0.1) is 11.3 Å². The summed E-state index contributed by atoms with van der Waals surface area (Å²) in [6.07, 6.45) is -0.371. The second-order valence-corrected chi connectivity index (χ2v) is 12.7. The fourth-order valence-corrected chi connectivity index (χ4v) is 6.37. The van der Waals surface area contributed by atoms with Crippen molar-refractivity contribution in [3.8, 4) is 0 Å². The highest BCUT2D eigenvalue weighted by Gasteiger charge is 2.58. The molecule has 39 heavy (non-hydrogen) atoms. The number of rotatable bonds is 4. The smallest absolute Gasteiger partial charge is 0.410 e. The first-order valence-corrected chi connectivity index (χ1v) is 14.2. The maximum absolute atomic E-state index is 13.5. The lowest BCUT2D eigenvalue weighted by molar-refractivity contribution is -0.136. The molecule has 2 aliphatic heterocycles. The second-order valence-electron chi connectivity index (χ2n) is 11.1. The summed E-state index contributed by atoms with van der Waals surface area (Å²) in [5.41, 5.74) is 8.42. The first-order valence-electron chi connectivity index (χ1n) is 12.5. The SMILES string of the molecule is CC(C)(C)OC(=O)N1CC2(C1)CN(c1cccc3ncsc13)CC2C(=O)NNC(=O)Cc1ccc(Cl)c(Cl)c1. The van der Waals surface area contributed by atoms with Crippen LogP contribution in [-0.4, -0.2) is 59.6 Å². The van der Waals surface area contributed by atoms with Crippen LogP contribution in [0.4, 0.5) is 10.5 Å². The lowest BCUT2D eigenvalue weighted by Gasteiger charge is -2.50. The van der Waals surface area contributed by atoms with Crippen LogP contribution in [0.3, 0.4) is 0 Å². The Hall–Kier alpha value is -3.08. The van der Waals surface area contributed by atoms with E-state index in [1.165, 1.54) is 0 Å². The van der Waals surface area contributed by atoms with E-state index in [1.807, 2.05) is 39.0 Å². The summed E-state index contributed by atoms with van der Waals surface area (Å²) < 4.78 is 6.59. The zero-order valence-electron chi connectivity index (χ0n) is 21.8. The molecule has 0 aliphatic carbocycles. The summed E-state index contributed by atoms with van der Waals surface area (Å²) in [5.74, 6) is -1.16. The normalized spacial score (nSPS) is 18.2. The van der Waals surface area contributed by atoms with E-state index >= 15 is 0 Å². The molecule has 1 unspecified atom stereocenters. The van der Waals surface area contributed by atoms with E-state index in [4.69, 9.17) is 27.9 Å². The van der Waals surface area contributed by atoms with Gasteiger partial charge in [-0.1, -0.05) is 35.3 Å². The van der Waals surface area contributed by atoms with Gasteiger partial charge in [-0.25, -0.2) is 9.78 Å². The quantitative estimate of drug-likeness (QED) is 0.429. The summed E-state index contributed by atoms with van der Waals surface area (Å²) in [6, 6.07) is 10.9. The van der Waals surface area contributed by atoms with E-state index in [9.17, 15) is 14.4 Å². The van der Waals surface area contributed by atoms with Gasteiger partial charge in [-0.3, -0.25) is 20.4 Å². The van der Waals surface area contributed by atoms with Gasteiger partial charge in [-0.2, -0.15) is 0 Å². The number of amides is 3. The number of nitrogens with zero attached hydrogens (tertiary/aromatic N) is 3. The number of benzene rings is 2. The number of anilines is 1. The van der Waals surface area contributed by atoms with Gasteiger partial charge in [0.25, 0.3) is 0 Å². The molecule has 2 N–H and O–H groups in total. The van der Waals surface area contributed by atoms with Gasteiger partial charge in [0.15, 0.2) is 0 Å². The van der Waals surface area contributed by atoms with E-state index in [0.29, 0.717) is 41.8 Å². The number of hydrogen-bond acceptors (Lipinski definition) is 7. The largest absolute Gasteiger partial charge is 0.444 e. The zero-order chi connectivity index (χ0) is 27.9. The Balaban J connectivity index is 1.30. The number of aromatic nitrogens is 1. The van der Waals surface area contributed by atoms with Crippen molar-refractivity contribution in [3.63, 3.8) is 0 Å². The molecule has 2 aliphatic rings. The molecule has 0 bridgehead atoms. The fourth-order valence-electron chi connectivity index (χ4n) is 5.22. The number of hydrogen-bond donors (Lipinski definition) is 2. The van der Waals surface area contributed by atoms with Crippen LogP contribution in [0.15, 0.2) is 41.9 Å². The average molecular weight is 591 g/mol. The van der Waals surface area contributed by atoms with Crippen LogP contribution in [0.1, 0.15) is 26.3 Å². The van der Waals surface area contributed by atoms with Crippen molar-refractivity contribution >= 4 is 68.4 Å². The van der Waals surface area contributed by atoms with Crippen LogP contribution in [0.5, 0.6) is 0 Å². The van der Waals surface area contributed by atoms with Crippen molar-refractivity contribution in [3.05, 3.63) is 57.5 Å². The first-order chi connectivity index (χ1) is 18.4. The lowest BCUT2D eigenvalue weighted by Crippen LogP contribution is -2.65. The monoisotopic (exact) mass is 589 g/mol. The van der Waals surface area contributed by atoms with E-state index in [-0.39, 0.29) is 18.2 Å². The Kier molecular flexibility index (Phi) is 7.39. The van der Waals surface area contributed by atoms with Crippen LogP contribution >= 0.6 is 34.5 Å². The molecule has 206 valence electrons. The van der Waals surface area contributed by atoms with Crippen LogP contribution in [0, 0.1) is 11.3 Å². The van der Waals surface area contributed by atoms with Crippen LogP contribution in [-0.2, 0) is 20.7 Å². The number of thiazole rings is 1. The summed E-state index contributed by atoms with van der Waals surface area (Å²) in [7, 11) is 0. The summed E-state index contributed by atoms with van der Waals surface area (Å²) >= 11 is 13.6. The molecule has 0 radical (unpaired) electrons. The predicted molar refractivity (Wildman–Crippen MR) is 152 cm³/mol. The summed E-state index contributed by atoms with van der Waals surface area (Å²) in [5, 5.41) is 0.759. The molecule has 12 heteroatoms. The van der Waals surface area contributed by atoms with Crippen molar-refractivity contribution in [2.45, 2.75) is 32.8 Å². The number of fused-ring (bicyclic) bond motifs is 1. The highest BCUT2D eigenvalue weighted by Crippen LogP contribution is 2.47. The van der Waals surface area contributed by atoms with Gasteiger partial charge in [0.2, 0.25) is 11.8 Å². The molecule has 3 aromatic rings. The van der Waals surface area contributed by atoms with Gasteiger partial charge >= 0.3 is 6.09 Å². The second kappa shape index (κ2) is 10.5. The highest BCUT2D eigenvalue weighted by atomic mass is 35.5. The number of hydrazine groups is 1. The molecule has 9 nitrogen and oxygen atoms in total. The van der Waals surface area contributed by atoms with Gasteiger partial charge in [0, 0.05) is 31.6 Å². The molecule has 2 saturated heterocycles. The molecular formula is C27H29Cl2N5O4S. The molecule has 1 spiro atoms. The molecule has 1 aromatic heterocycles. The molecule has 2 aromatic carbocycles. The topological polar surface area (TPSA) is 104 Å². The maximum atomic E-state index is 13.5. The van der Waals surface area contributed by atoms with E-state index in [1.54, 1.807) is 39.9 Å². The zero-order valence-corrected chi connectivity index (χ0v) is 24.1. The number of ether oxygens (including phenoxy) is 1. The highest BCUT2D eigenvalue weighted by molar-refractivity contribution is 7.17. The average Bonchev–Trinajstić information content (AvgIpc) is 3.48. The van der Waals surface area contributed by atoms with Gasteiger partial charge in [0.05, 0.1) is 43.8 Å². The number of nitrogens with one attached hydrogen (secondary N) is 2. The third kappa shape index (κ3) is 5.78. The van der Waals surface area contributed by atoms with Gasteiger partial charge < -0.3 is 14.5 Å². The van der Waals surface area contributed by atoms with Gasteiger partial charge in [-0.05, 0) is 50.6 Å². The third-order valence-electron chi connectivity index (χ3n) is 6.98. The van der Waals surface area contributed by atoms with Crippen molar-refractivity contribution in [1.82, 2.24) is 20.7 Å². The van der Waals surface area contributed by atoms with E-state index in [2.05, 4.69) is 20.7 Å². The molecule has 3 heterocycles. The minimum absolute atomic E-state index is 0.0267. The van der Waals surface area contributed by atoms with Crippen LogP contribution < -0.4 is 15.8 Å². The Labute approximate surface area is 240 Å². The number of carbonyl (C=O) groups is 3. The maximum Gasteiger partial charge on any atom is 0.410 e. The minimum Gasteiger partial charge on any atom is -0.444 e. The summed E-state index contributed by atoms with van der Waals surface area (Å²) in [4.78, 5) is 46.9. The number of carbonyl (C=O) groups excluding carboxylic acids is 3. The number of likely N-dealkylation sites (tertiary alicyclic amines) is 1. The standard InChI is InChI=1S/C27H29Cl2N5O4S/c1-26(2,3)38-25(37)34-13-27(14-34)12-33(21-6-4-5-20-23(21)39-15-30-20)11-17(27)24(36)32-31-22(35)10-16-7-8-18(28)19(29)9-16/h4-9,15,17H,10-14H2,1-3H3,(H,31,35)(H,32,36). The van der Waals surface area contributed by atoms with Crippen LogP contribution in [0.25, 0.3) is 10.2 Å². The Morgan fingerprint density at radius 3 is 2.59 bits per heavy atom.